The first-order chi connectivity index (χ1) is 8.84. The number of rotatable bonds is 7. The lowest BCUT2D eigenvalue weighted by Crippen LogP contribution is -2.31. The molecule has 0 aliphatic heterocycles. The lowest BCUT2D eigenvalue weighted by Gasteiger charge is -2.18. The first kappa shape index (κ1) is 13.6. The van der Waals surface area contributed by atoms with Gasteiger partial charge in [-0.3, -0.25) is 0 Å². The molecule has 0 bridgehead atoms. The predicted molar refractivity (Wildman–Crippen MR) is 77.6 cm³/mol. The van der Waals surface area contributed by atoms with Gasteiger partial charge >= 0.3 is 0 Å². The molecule has 1 saturated carbocycles. The summed E-state index contributed by atoms with van der Waals surface area (Å²) >= 11 is 0. The topological polar surface area (TPSA) is 15.3 Å². The van der Waals surface area contributed by atoms with Crippen molar-refractivity contribution in [2.24, 2.45) is 5.92 Å². The molecule has 0 unspecified atom stereocenters. The minimum Gasteiger partial charge on any atom is -0.315 e. The average molecular weight is 246 g/mol. The van der Waals surface area contributed by atoms with Gasteiger partial charge in [0.2, 0.25) is 0 Å². The van der Waals surface area contributed by atoms with Crippen molar-refractivity contribution in [2.45, 2.75) is 32.2 Å². The van der Waals surface area contributed by atoms with Crippen LogP contribution in [0.1, 0.15) is 31.2 Å². The van der Waals surface area contributed by atoms with E-state index in [1.807, 2.05) is 0 Å². The molecular weight excluding hydrogens is 220 g/mol. The fourth-order valence-corrected chi connectivity index (χ4v) is 2.76. The van der Waals surface area contributed by atoms with Crippen LogP contribution in [-0.4, -0.2) is 31.6 Å². The van der Waals surface area contributed by atoms with Gasteiger partial charge in [0.05, 0.1) is 0 Å². The van der Waals surface area contributed by atoms with E-state index in [0.29, 0.717) is 0 Å². The van der Waals surface area contributed by atoms with Crippen LogP contribution >= 0.6 is 0 Å². The Morgan fingerprint density at radius 3 is 2.61 bits per heavy atom. The van der Waals surface area contributed by atoms with Crippen molar-refractivity contribution in [3.63, 3.8) is 0 Å². The van der Waals surface area contributed by atoms with Gasteiger partial charge in [-0.25, -0.2) is 0 Å². The second-order valence-electron chi connectivity index (χ2n) is 5.58. The Balaban J connectivity index is 1.55. The Morgan fingerprint density at radius 2 is 1.89 bits per heavy atom. The molecule has 0 saturated heterocycles. The van der Waals surface area contributed by atoms with E-state index < -0.39 is 0 Å². The maximum atomic E-state index is 3.60. The van der Waals surface area contributed by atoms with Crippen molar-refractivity contribution in [1.82, 2.24) is 10.2 Å². The minimum atomic E-state index is 0.949. The van der Waals surface area contributed by atoms with Gasteiger partial charge in [-0.2, -0.15) is 0 Å². The largest absolute Gasteiger partial charge is 0.315 e. The minimum absolute atomic E-state index is 0.949. The Labute approximate surface area is 111 Å². The lowest BCUT2D eigenvalue weighted by atomic mass is 10.1. The molecule has 0 atom stereocenters. The van der Waals surface area contributed by atoms with Gasteiger partial charge in [-0.1, -0.05) is 43.2 Å². The van der Waals surface area contributed by atoms with Gasteiger partial charge in [-0.15, -0.1) is 0 Å². The highest BCUT2D eigenvalue weighted by Gasteiger charge is 2.13. The van der Waals surface area contributed by atoms with Crippen molar-refractivity contribution >= 4 is 0 Å². The van der Waals surface area contributed by atoms with E-state index in [1.54, 1.807) is 0 Å². The highest BCUT2D eigenvalue weighted by molar-refractivity contribution is 5.14. The summed E-state index contributed by atoms with van der Waals surface area (Å²) in [4.78, 5) is 2.39. The van der Waals surface area contributed by atoms with E-state index in [9.17, 15) is 0 Å². The summed E-state index contributed by atoms with van der Waals surface area (Å²) in [7, 11) is 2.20. The maximum Gasteiger partial charge on any atom is 0.0231 e. The molecule has 0 amide bonds. The van der Waals surface area contributed by atoms with Gasteiger partial charge in [0, 0.05) is 19.6 Å². The summed E-state index contributed by atoms with van der Waals surface area (Å²) in [6, 6.07) is 10.7. The summed E-state index contributed by atoms with van der Waals surface area (Å²) in [6.45, 7) is 4.51. The third-order valence-electron chi connectivity index (χ3n) is 3.87. The van der Waals surface area contributed by atoms with Gasteiger partial charge in [0.25, 0.3) is 0 Å². The zero-order valence-corrected chi connectivity index (χ0v) is 11.6. The number of hydrogen-bond acceptors (Lipinski definition) is 2. The molecule has 2 rings (SSSR count). The Kier molecular flexibility index (Phi) is 5.69. The lowest BCUT2D eigenvalue weighted by molar-refractivity contribution is 0.319. The molecule has 1 aromatic rings. The SMILES string of the molecule is CN(CCNCC1CCCC1)Cc1ccccc1. The van der Waals surface area contributed by atoms with Crippen LogP contribution in [0.25, 0.3) is 0 Å². The Morgan fingerprint density at radius 1 is 1.17 bits per heavy atom. The Bertz CT molecular complexity index is 317. The molecule has 0 heterocycles. The fraction of sp³-hybridized carbons (Fsp3) is 0.625. The molecule has 1 aromatic carbocycles. The number of benzene rings is 1. The van der Waals surface area contributed by atoms with Crippen LogP contribution < -0.4 is 5.32 Å². The second kappa shape index (κ2) is 7.55. The van der Waals surface area contributed by atoms with E-state index in [2.05, 4.69) is 47.6 Å². The summed E-state index contributed by atoms with van der Waals surface area (Å²) in [5, 5.41) is 3.60. The first-order valence-electron chi connectivity index (χ1n) is 7.28. The van der Waals surface area contributed by atoms with E-state index in [-0.39, 0.29) is 0 Å². The van der Waals surface area contributed by atoms with Crippen LogP contribution in [0.2, 0.25) is 0 Å². The number of nitrogens with one attached hydrogen (secondary N) is 1. The van der Waals surface area contributed by atoms with E-state index in [4.69, 9.17) is 0 Å². The molecule has 1 N–H and O–H groups in total. The quantitative estimate of drug-likeness (QED) is 0.744. The van der Waals surface area contributed by atoms with Crippen molar-refractivity contribution in [2.75, 3.05) is 26.7 Å². The van der Waals surface area contributed by atoms with Crippen molar-refractivity contribution in [3.05, 3.63) is 35.9 Å². The van der Waals surface area contributed by atoms with Gasteiger partial charge in [0.15, 0.2) is 0 Å². The van der Waals surface area contributed by atoms with Crippen molar-refractivity contribution in [1.29, 1.82) is 0 Å². The van der Waals surface area contributed by atoms with Gasteiger partial charge in [0.1, 0.15) is 0 Å². The zero-order valence-electron chi connectivity index (χ0n) is 11.6. The van der Waals surface area contributed by atoms with Crippen LogP contribution in [-0.2, 0) is 6.54 Å². The highest BCUT2D eigenvalue weighted by atomic mass is 15.1. The van der Waals surface area contributed by atoms with Crippen LogP contribution in [0.4, 0.5) is 0 Å². The van der Waals surface area contributed by atoms with Crippen LogP contribution in [0.15, 0.2) is 30.3 Å². The molecule has 2 heteroatoms. The maximum absolute atomic E-state index is 3.60. The molecule has 1 aliphatic carbocycles. The fourth-order valence-electron chi connectivity index (χ4n) is 2.76. The van der Waals surface area contributed by atoms with Gasteiger partial charge in [-0.05, 0) is 37.9 Å². The number of likely N-dealkylation sites (N-methyl/N-ethyl adjacent to an activating group) is 1. The summed E-state index contributed by atoms with van der Waals surface area (Å²) in [6.07, 6.45) is 5.76. The third kappa shape index (κ3) is 4.79. The standard InChI is InChI=1S/C16H26N2/c1-18(14-16-9-3-2-4-10-16)12-11-17-13-15-7-5-6-8-15/h2-4,9-10,15,17H,5-8,11-14H2,1H3. The number of hydrogen-bond donors (Lipinski definition) is 1. The molecule has 1 aliphatic rings. The second-order valence-corrected chi connectivity index (χ2v) is 5.58. The molecule has 2 nitrogen and oxygen atoms in total. The molecule has 100 valence electrons. The first-order valence-corrected chi connectivity index (χ1v) is 7.28. The summed E-state index contributed by atoms with van der Waals surface area (Å²) in [5.41, 5.74) is 1.40. The number of nitrogens with zero attached hydrogens (tertiary/aromatic N) is 1. The normalized spacial score (nSPS) is 16.6. The van der Waals surface area contributed by atoms with E-state index in [1.165, 1.54) is 37.8 Å². The van der Waals surface area contributed by atoms with E-state index in [0.717, 1.165) is 25.6 Å². The zero-order chi connectivity index (χ0) is 12.6. The monoisotopic (exact) mass is 246 g/mol. The van der Waals surface area contributed by atoms with Crippen molar-refractivity contribution in [3.8, 4) is 0 Å². The summed E-state index contributed by atoms with van der Waals surface area (Å²) < 4.78 is 0. The predicted octanol–water partition coefficient (Wildman–Crippen LogP) is 2.90. The molecule has 0 spiro atoms. The third-order valence-corrected chi connectivity index (χ3v) is 3.87. The highest BCUT2D eigenvalue weighted by Crippen LogP contribution is 2.23. The molecule has 1 fully saturated rings. The average Bonchev–Trinajstić information content (AvgIpc) is 2.89. The Hall–Kier alpha value is -0.860. The summed E-state index contributed by atoms with van der Waals surface area (Å²) in [5.74, 6) is 0.949. The van der Waals surface area contributed by atoms with Gasteiger partial charge < -0.3 is 10.2 Å². The molecular formula is C16H26N2. The van der Waals surface area contributed by atoms with Crippen LogP contribution in [0, 0.1) is 5.92 Å². The van der Waals surface area contributed by atoms with Crippen molar-refractivity contribution < 1.29 is 0 Å². The smallest absolute Gasteiger partial charge is 0.0231 e. The van der Waals surface area contributed by atoms with Crippen LogP contribution in [0.3, 0.4) is 0 Å². The van der Waals surface area contributed by atoms with Crippen LogP contribution in [0.5, 0.6) is 0 Å². The molecule has 18 heavy (non-hydrogen) atoms. The van der Waals surface area contributed by atoms with E-state index >= 15 is 0 Å². The molecule has 0 radical (unpaired) electrons. The molecule has 0 aromatic heterocycles.